The molecule has 0 amide bonds. The molecule has 0 rings (SSSR count). The van der Waals surface area contributed by atoms with Crippen molar-refractivity contribution in [1.82, 2.24) is 0 Å². The molecule has 0 atom stereocenters. The standard InChI is InChI=1S/C23H49ClSi/c1-2-3-4-5-6-7-8-9-10-11-12-13-14-15-16-17-18-19-20-21-22-23-25-24/h2-23,25H2,1H3. The molecular formula is C23H49ClSi. The van der Waals surface area contributed by atoms with Gasteiger partial charge < -0.3 is 0 Å². The Labute approximate surface area is 167 Å². The van der Waals surface area contributed by atoms with Gasteiger partial charge in [-0.2, -0.15) is 11.1 Å². The van der Waals surface area contributed by atoms with Crippen molar-refractivity contribution in [2.45, 2.75) is 148 Å². The van der Waals surface area contributed by atoms with E-state index in [0.29, 0.717) is 0 Å². The SMILES string of the molecule is CCCCCCCCCCCCCCCCCCCCCCC[SiH2]Cl. The van der Waals surface area contributed by atoms with Gasteiger partial charge in [0.1, 0.15) is 8.83 Å². The van der Waals surface area contributed by atoms with E-state index in [1.54, 1.807) is 0 Å². The van der Waals surface area contributed by atoms with Gasteiger partial charge in [0.05, 0.1) is 0 Å². The summed E-state index contributed by atoms with van der Waals surface area (Å²) in [5.74, 6) is 0. The van der Waals surface area contributed by atoms with Gasteiger partial charge in [-0.1, -0.05) is 142 Å². The van der Waals surface area contributed by atoms with Crippen LogP contribution in [0.4, 0.5) is 0 Å². The normalized spacial score (nSPS) is 11.8. The highest BCUT2D eigenvalue weighted by Gasteiger charge is 1.95. The van der Waals surface area contributed by atoms with Crippen LogP contribution in [0.1, 0.15) is 142 Å². The monoisotopic (exact) mass is 388 g/mol. The van der Waals surface area contributed by atoms with Crippen molar-refractivity contribution in [1.29, 1.82) is 0 Å². The molecule has 0 unspecified atom stereocenters. The summed E-state index contributed by atoms with van der Waals surface area (Å²) in [5, 5.41) is 0. The third-order valence-electron chi connectivity index (χ3n) is 5.49. The molecule has 0 radical (unpaired) electrons. The second-order valence-corrected chi connectivity index (χ2v) is 10.3. The van der Waals surface area contributed by atoms with Crippen molar-refractivity contribution >= 4 is 19.9 Å². The molecule has 0 aromatic rings. The van der Waals surface area contributed by atoms with E-state index < -0.39 is 0 Å². The van der Waals surface area contributed by atoms with Gasteiger partial charge in [-0.3, -0.25) is 0 Å². The Balaban J connectivity index is 2.94. The zero-order valence-electron chi connectivity index (χ0n) is 17.6. The van der Waals surface area contributed by atoms with Gasteiger partial charge in [0.25, 0.3) is 0 Å². The van der Waals surface area contributed by atoms with Crippen LogP contribution >= 0.6 is 11.1 Å². The van der Waals surface area contributed by atoms with Gasteiger partial charge in [0, 0.05) is 0 Å². The summed E-state index contributed by atoms with van der Waals surface area (Å²) in [7, 11) is -0.184. The van der Waals surface area contributed by atoms with Crippen molar-refractivity contribution in [2.24, 2.45) is 0 Å². The molecule has 0 heterocycles. The van der Waals surface area contributed by atoms with E-state index in [-0.39, 0.29) is 8.83 Å². The van der Waals surface area contributed by atoms with Crippen molar-refractivity contribution in [3.8, 4) is 0 Å². The second-order valence-electron chi connectivity index (χ2n) is 8.11. The number of rotatable bonds is 22. The maximum Gasteiger partial charge on any atom is 0.125 e. The Morgan fingerprint density at radius 2 is 0.640 bits per heavy atom. The Bertz CT molecular complexity index is 198. The van der Waals surface area contributed by atoms with E-state index in [2.05, 4.69) is 6.92 Å². The predicted molar refractivity (Wildman–Crippen MR) is 122 cm³/mol. The molecule has 0 aliphatic carbocycles. The van der Waals surface area contributed by atoms with Gasteiger partial charge in [0.2, 0.25) is 0 Å². The van der Waals surface area contributed by atoms with Gasteiger partial charge in [-0.15, -0.1) is 0 Å². The van der Waals surface area contributed by atoms with E-state index >= 15 is 0 Å². The predicted octanol–water partition coefficient (Wildman–Crippen LogP) is 8.94. The number of hydrogen-bond acceptors (Lipinski definition) is 0. The molecule has 25 heavy (non-hydrogen) atoms. The second kappa shape index (κ2) is 24.5. The highest BCUT2D eigenvalue weighted by molar-refractivity contribution is 6.93. The van der Waals surface area contributed by atoms with Crippen LogP contribution in [0.25, 0.3) is 0 Å². The molecule has 2 heteroatoms. The molecule has 0 aromatic heterocycles. The fourth-order valence-corrected chi connectivity index (χ4v) is 4.81. The summed E-state index contributed by atoms with van der Waals surface area (Å²) in [5.41, 5.74) is 0. The summed E-state index contributed by atoms with van der Waals surface area (Å²) in [4.78, 5) is 0. The first-order valence-corrected chi connectivity index (χ1v) is 15.1. The number of halogens is 1. The minimum Gasteiger partial charge on any atom is -0.176 e. The van der Waals surface area contributed by atoms with Gasteiger partial charge in [0.15, 0.2) is 0 Å². The lowest BCUT2D eigenvalue weighted by atomic mass is 10.0. The first-order valence-electron chi connectivity index (χ1n) is 12.0. The van der Waals surface area contributed by atoms with Crippen LogP contribution in [-0.2, 0) is 0 Å². The third kappa shape index (κ3) is 24.5. The fraction of sp³-hybridized carbons (Fsp3) is 1.00. The van der Waals surface area contributed by atoms with Crippen molar-refractivity contribution in [3.05, 3.63) is 0 Å². The van der Waals surface area contributed by atoms with E-state index in [1.807, 2.05) is 0 Å². The summed E-state index contributed by atoms with van der Waals surface area (Å²) in [6.07, 6.45) is 30.8. The van der Waals surface area contributed by atoms with Gasteiger partial charge >= 0.3 is 0 Å². The summed E-state index contributed by atoms with van der Waals surface area (Å²) >= 11 is 5.83. The molecule has 0 spiro atoms. The zero-order valence-corrected chi connectivity index (χ0v) is 19.8. The van der Waals surface area contributed by atoms with Crippen LogP contribution in [-0.4, -0.2) is 8.83 Å². The smallest absolute Gasteiger partial charge is 0.125 e. The fourth-order valence-electron chi connectivity index (χ4n) is 3.70. The maximum atomic E-state index is 5.83. The van der Waals surface area contributed by atoms with Crippen LogP contribution in [0.15, 0.2) is 0 Å². The van der Waals surface area contributed by atoms with Crippen LogP contribution < -0.4 is 0 Å². The van der Waals surface area contributed by atoms with Crippen LogP contribution in [0.3, 0.4) is 0 Å². The van der Waals surface area contributed by atoms with Crippen LogP contribution in [0.5, 0.6) is 0 Å². The lowest BCUT2D eigenvalue weighted by Crippen LogP contribution is -1.84. The van der Waals surface area contributed by atoms with Crippen molar-refractivity contribution in [2.75, 3.05) is 0 Å². The lowest BCUT2D eigenvalue weighted by molar-refractivity contribution is 0.521. The summed E-state index contributed by atoms with van der Waals surface area (Å²) in [6.45, 7) is 2.30. The van der Waals surface area contributed by atoms with Gasteiger partial charge in [-0.25, -0.2) is 0 Å². The molecule has 152 valence electrons. The first kappa shape index (κ1) is 25.5. The molecule has 0 aromatic carbocycles. The average molecular weight is 389 g/mol. The Morgan fingerprint density at radius 1 is 0.400 bits per heavy atom. The number of unbranched alkanes of at least 4 members (excludes halogenated alkanes) is 20. The molecule has 0 bridgehead atoms. The van der Waals surface area contributed by atoms with Gasteiger partial charge in [-0.05, 0) is 6.04 Å². The average Bonchev–Trinajstić information content (AvgIpc) is 2.63. The topological polar surface area (TPSA) is 0 Å². The van der Waals surface area contributed by atoms with Crippen LogP contribution in [0.2, 0.25) is 6.04 Å². The minimum atomic E-state index is -0.184. The Hall–Kier alpha value is 0.507. The van der Waals surface area contributed by atoms with E-state index in [1.165, 1.54) is 141 Å². The van der Waals surface area contributed by atoms with Crippen LogP contribution in [0, 0.1) is 0 Å². The molecule has 0 nitrogen and oxygen atoms in total. The molecule has 0 saturated heterocycles. The lowest BCUT2D eigenvalue weighted by Gasteiger charge is -2.04. The molecular weight excluding hydrogens is 340 g/mol. The molecule has 0 aliphatic rings. The first-order chi connectivity index (χ1) is 12.4. The number of hydrogen-bond donors (Lipinski definition) is 0. The minimum absolute atomic E-state index is 0.184. The highest BCUT2D eigenvalue weighted by atomic mass is 35.6. The van der Waals surface area contributed by atoms with Crippen molar-refractivity contribution in [3.63, 3.8) is 0 Å². The largest absolute Gasteiger partial charge is 0.176 e. The zero-order chi connectivity index (χ0) is 18.3. The maximum absolute atomic E-state index is 5.83. The Kier molecular flexibility index (Phi) is 25.0. The third-order valence-corrected chi connectivity index (χ3v) is 7.06. The Morgan fingerprint density at radius 3 is 0.880 bits per heavy atom. The summed E-state index contributed by atoms with van der Waals surface area (Å²) in [6, 6.07) is 1.35. The molecule has 0 aliphatic heterocycles. The van der Waals surface area contributed by atoms with E-state index in [9.17, 15) is 0 Å². The summed E-state index contributed by atoms with van der Waals surface area (Å²) < 4.78 is 0. The van der Waals surface area contributed by atoms with E-state index in [4.69, 9.17) is 11.1 Å². The quantitative estimate of drug-likeness (QED) is 0.0985. The molecule has 0 saturated carbocycles. The highest BCUT2D eigenvalue weighted by Crippen LogP contribution is 2.15. The van der Waals surface area contributed by atoms with E-state index in [0.717, 1.165) is 0 Å². The molecule has 0 fully saturated rings. The molecule has 0 N–H and O–H groups in total. The van der Waals surface area contributed by atoms with Crippen molar-refractivity contribution < 1.29 is 0 Å².